The second-order valence-corrected chi connectivity index (χ2v) is 12.3. The zero-order chi connectivity index (χ0) is 31.6. The highest BCUT2D eigenvalue weighted by Crippen LogP contribution is 2.43. The Balaban J connectivity index is 1.28. The van der Waals surface area contributed by atoms with Crippen molar-refractivity contribution in [2.45, 2.75) is 0 Å². The molecule has 0 saturated heterocycles. The molecule has 4 heteroatoms. The van der Waals surface area contributed by atoms with Crippen LogP contribution in [0, 0.1) is 0 Å². The van der Waals surface area contributed by atoms with E-state index in [1.807, 2.05) is 30.5 Å². The summed E-state index contributed by atoms with van der Waals surface area (Å²) in [5, 5.41) is 5.96. The van der Waals surface area contributed by atoms with E-state index in [9.17, 15) is 0 Å². The lowest BCUT2D eigenvalue weighted by molar-refractivity contribution is 1.17. The summed E-state index contributed by atoms with van der Waals surface area (Å²) >= 11 is 0. The molecule has 0 radical (unpaired) electrons. The lowest BCUT2D eigenvalue weighted by Gasteiger charge is -2.11. The van der Waals surface area contributed by atoms with E-state index >= 15 is 0 Å². The molecule has 0 bridgehead atoms. The van der Waals surface area contributed by atoms with Crippen molar-refractivity contribution in [2.75, 3.05) is 0 Å². The average molecular weight is 613 g/mol. The maximum Gasteiger partial charge on any atom is 0.159 e. The van der Waals surface area contributed by atoms with Crippen molar-refractivity contribution in [1.29, 1.82) is 0 Å². The van der Waals surface area contributed by atoms with Gasteiger partial charge in [0.05, 0.1) is 27.6 Å². The molecule has 0 aliphatic rings. The average Bonchev–Trinajstić information content (AvgIpc) is 3.68. The Morgan fingerprint density at radius 1 is 0.417 bits per heavy atom. The van der Waals surface area contributed by atoms with E-state index in [0.29, 0.717) is 0 Å². The monoisotopic (exact) mass is 612 g/mol. The second-order valence-electron chi connectivity index (χ2n) is 12.3. The van der Waals surface area contributed by atoms with E-state index in [2.05, 4.69) is 149 Å². The van der Waals surface area contributed by atoms with Crippen molar-refractivity contribution in [3.8, 4) is 33.9 Å². The van der Waals surface area contributed by atoms with E-state index in [1.54, 1.807) is 0 Å². The van der Waals surface area contributed by atoms with Gasteiger partial charge in [-0.25, -0.2) is 9.97 Å². The Morgan fingerprint density at radius 3 is 2.02 bits per heavy atom. The summed E-state index contributed by atoms with van der Waals surface area (Å²) in [6, 6.07) is 58.3. The molecule has 0 saturated carbocycles. The largest absolute Gasteiger partial charge is 0.309 e. The first kappa shape index (κ1) is 26.7. The van der Waals surface area contributed by atoms with Crippen LogP contribution in [0.25, 0.3) is 88.4 Å². The first-order chi connectivity index (χ1) is 23.8. The van der Waals surface area contributed by atoms with Crippen LogP contribution in [0.2, 0.25) is 0 Å². The van der Waals surface area contributed by atoms with Gasteiger partial charge in [-0.1, -0.05) is 109 Å². The number of benzene rings is 7. The summed E-state index contributed by atoms with van der Waals surface area (Å²) in [6.45, 7) is 0. The van der Waals surface area contributed by atoms with Crippen LogP contribution in [0.1, 0.15) is 0 Å². The van der Waals surface area contributed by atoms with Crippen LogP contribution in [0.3, 0.4) is 0 Å². The third-order valence-corrected chi connectivity index (χ3v) is 9.54. The topological polar surface area (TPSA) is 35.6 Å². The third-order valence-electron chi connectivity index (χ3n) is 9.54. The summed E-state index contributed by atoms with van der Waals surface area (Å²) < 4.78 is 4.83. The van der Waals surface area contributed by atoms with E-state index < -0.39 is 0 Å². The van der Waals surface area contributed by atoms with Gasteiger partial charge < -0.3 is 9.13 Å². The Labute approximate surface area is 276 Å². The summed E-state index contributed by atoms with van der Waals surface area (Å²) in [5.74, 6) is 0.720. The highest BCUT2D eigenvalue weighted by Gasteiger charge is 2.21. The van der Waals surface area contributed by atoms with Crippen LogP contribution in [0.4, 0.5) is 0 Å². The molecule has 7 aromatic carbocycles. The molecule has 0 N–H and O–H groups in total. The fourth-order valence-corrected chi connectivity index (χ4v) is 7.39. The van der Waals surface area contributed by atoms with E-state index in [0.717, 1.165) is 44.7 Å². The highest BCUT2D eigenvalue weighted by atomic mass is 15.0. The minimum absolute atomic E-state index is 0.720. The molecular weight excluding hydrogens is 585 g/mol. The van der Waals surface area contributed by atoms with Crippen molar-refractivity contribution in [1.82, 2.24) is 19.1 Å². The second kappa shape index (κ2) is 10.5. The summed E-state index contributed by atoms with van der Waals surface area (Å²) in [6.07, 6.45) is 1.91. The zero-order valence-electron chi connectivity index (χ0n) is 26.0. The molecule has 0 atom stereocenters. The predicted molar refractivity (Wildman–Crippen MR) is 199 cm³/mol. The van der Waals surface area contributed by atoms with Crippen molar-refractivity contribution >= 4 is 54.5 Å². The zero-order valence-corrected chi connectivity index (χ0v) is 26.0. The van der Waals surface area contributed by atoms with Gasteiger partial charge in [-0.3, -0.25) is 0 Å². The van der Waals surface area contributed by atoms with Gasteiger partial charge in [-0.2, -0.15) is 0 Å². The molecule has 0 fully saturated rings. The van der Waals surface area contributed by atoms with Crippen LogP contribution in [-0.4, -0.2) is 19.1 Å². The smallest absolute Gasteiger partial charge is 0.159 e. The number of para-hydroxylation sites is 3. The molecule has 0 aliphatic carbocycles. The lowest BCUT2D eigenvalue weighted by atomic mass is 10.0. The van der Waals surface area contributed by atoms with Crippen molar-refractivity contribution < 1.29 is 0 Å². The minimum atomic E-state index is 0.720. The molecule has 10 aromatic rings. The number of nitrogens with zero attached hydrogens (tertiary/aromatic N) is 4. The number of aromatic nitrogens is 4. The third kappa shape index (κ3) is 4.03. The molecule has 3 heterocycles. The molecule has 0 aliphatic heterocycles. The molecule has 4 nitrogen and oxygen atoms in total. The van der Waals surface area contributed by atoms with Gasteiger partial charge in [0.1, 0.15) is 0 Å². The predicted octanol–water partition coefficient (Wildman–Crippen LogP) is 11.2. The maximum atomic E-state index is 4.91. The van der Waals surface area contributed by atoms with Crippen LogP contribution >= 0.6 is 0 Å². The highest BCUT2D eigenvalue weighted by molar-refractivity contribution is 6.26. The maximum absolute atomic E-state index is 4.91. The van der Waals surface area contributed by atoms with Gasteiger partial charge in [-0.05, 0) is 65.7 Å². The Hall–Kier alpha value is -6.52. The number of hydrogen-bond donors (Lipinski definition) is 0. The molecule has 0 amide bonds. The lowest BCUT2D eigenvalue weighted by Crippen LogP contribution is -1.96. The van der Waals surface area contributed by atoms with Crippen LogP contribution in [0.5, 0.6) is 0 Å². The van der Waals surface area contributed by atoms with Gasteiger partial charge >= 0.3 is 0 Å². The van der Waals surface area contributed by atoms with Crippen molar-refractivity contribution in [2.24, 2.45) is 0 Å². The van der Waals surface area contributed by atoms with Gasteiger partial charge in [0.15, 0.2) is 5.82 Å². The van der Waals surface area contributed by atoms with Gasteiger partial charge in [-0.15, -0.1) is 0 Å². The Morgan fingerprint density at radius 2 is 1.12 bits per heavy atom. The van der Waals surface area contributed by atoms with Crippen LogP contribution in [-0.2, 0) is 0 Å². The first-order valence-corrected chi connectivity index (χ1v) is 16.3. The van der Waals surface area contributed by atoms with Gasteiger partial charge in [0.25, 0.3) is 0 Å². The number of hydrogen-bond acceptors (Lipinski definition) is 2. The Bertz CT molecular complexity index is 2830. The number of rotatable bonds is 4. The van der Waals surface area contributed by atoms with Crippen molar-refractivity contribution in [3.63, 3.8) is 0 Å². The number of fused-ring (bicyclic) bond motifs is 8. The summed E-state index contributed by atoms with van der Waals surface area (Å²) in [5.41, 5.74) is 11.3. The fourth-order valence-electron chi connectivity index (χ4n) is 7.39. The standard InChI is InChI=1S/C44H28N4/c1-3-12-29(13-4-1)30-22-24-40-37(27-30)35-23-25-41-42(43(35)48(40)33-16-5-2-6-17-33)36-19-8-10-21-39(36)47(41)34-18-11-15-31(26-34)44-45-28-32-14-7-9-20-38(32)46-44/h1-28H. The molecule has 224 valence electrons. The van der Waals surface area contributed by atoms with Crippen LogP contribution < -0.4 is 0 Å². The Kier molecular flexibility index (Phi) is 5.84. The molecule has 48 heavy (non-hydrogen) atoms. The first-order valence-electron chi connectivity index (χ1n) is 16.3. The van der Waals surface area contributed by atoms with E-state index in [4.69, 9.17) is 9.97 Å². The minimum Gasteiger partial charge on any atom is -0.309 e. The summed E-state index contributed by atoms with van der Waals surface area (Å²) in [7, 11) is 0. The molecule has 3 aromatic heterocycles. The molecule has 0 spiro atoms. The van der Waals surface area contributed by atoms with Crippen LogP contribution in [0.15, 0.2) is 170 Å². The normalized spacial score (nSPS) is 11.8. The molecule has 0 unspecified atom stereocenters. The van der Waals surface area contributed by atoms with E-state index in [1.165, 1.54) is 43.7 Å². The van der Waals surface area contributed by atoms with Gasteiger partial charge in [0, 0.05) is 50.1 Å². The molecular formula is C44H28N4. The summed E-state index contributed by atoms with van der Waals surface area (Å²) in [4.78, 5) is 9.65. The molecule has 10 rings (SSSR count). The fraction of sp³-hybridized carbons (Fsp3) is 0. The van der Waals surface area contributed by atoms with Gasteiger partial charge in [0.2, 0.25) is 0 Å². The van der Waals surface area contributed by atoms with Crippen molar-refractivity contribution in [3.05, 3.63) is 170 Å². The SMILES string of the molecule is c1ccc(-c2ccc3c(c2)c2ccc4c(c5ccccc5n4-c4cccc(-c5ncc6ccccc6n5)c4)c2n3-c2ccccc2)cc1. The van der Waals surface area contributed by atoms with E-state index in [-0.39, 0.29) is 0 Å². The quantitative estimate of drug-likeness (QED) is 0.198.